The lowest BCUT2D eigenvalue weighted by atomic mass is 9.85. The lowest BCUT2D eigenvalue weighted by Crippen LogP contribution is -2.25. The van der Waals surface area contributed by atoms with E-state index >= 15 is 0 Å². The van der Waals surface area contributed by atoms with Crippen molar-refractivity contribution < 1.29 is 35.1 Å². The first-order valence-electron chi connectivity index (χ1n) is 12.1. The van der Waals surface area contributed by atoms with E-state index in [1.807, 2.05) is 30.4 Å². The second-order valence-corrected chi connectivity index (χ2v) is 9.03. The summed E-state index contributed by atoms with van der Waals surface area (Å²) >= 11 is 0. The molecule has 2 rings (SSSR count). The Labute approximate surface area is 196 Å². The third-order valence-electron chi connectivity index (χ3n) is 6.50. The van der Waals surface area contributed by atoms with Crippen molar-refractivity contribution in [1.82, 2.24) is 0 Å². The van der Waals surface area contributed by atoms with E-state index in [4.69, 9.17) is 14.9 Å². The Bertz CT molecular complexity index is 689. The molecule has 0 bridgehead atoms. The van der Waals surface area contributed by atoms with Crippen LogP contribution in [0.25, 0.3) is 0 Å². The Balaban J connectivity index is 1.69. The van der Waals surface area contributed by atoms with Crippen LogP contribution in [0, 0.1) is 11.8 Å². The molecule has 0 radical (unpaired) electrons. The molecule has 186 valence electrons. The number of ether oxygens (including phenoxy) is 1. The number of carbonyl (C=O) groups excluding carboxylic acids is 1. The van der Waals surface area contributed by atoms with Gasteiger partial charge in [0.05, 0.1) is 31.5 Å². The van der Waals surface area contributed by atoms with Gasteiger partial charge in [-0.15, -0.1) is 0 Å². The maximum atomic E-state index is 11.6. The van der Waals surface area contributed by atoms with E-state index in [-0.39, 0.29) is 18.3 Å². The Morgan fingerprint density at radius 3 is 2.42 bits per heavy atom. The highest BCUT2D eigenvalue weighted by Crippen LogP contribution is 2.38. The largest absolute Gasteiger partial charge is 0.457 e. The van der Waals surface area contributed by atoms with Crippen LogP contribution in [0.1, 0.15) is 56.9 Å². The van der Waals surface area contributed by atoms with Crippen molar-refractivity contribution >= 4 is 5.97 Å². The van der Waals surface area contributed by atoms with Crippen molar-refractivity contribution in [3.63, 3.8) is 0 Å². The maximum Gasteiger partial charge on any atom is 0.306 e. The number of unbranched alkanes of at least 4 members (excludes halogenated alkanes) is 1. The van der Waals surface area contributed by atoms with E-state index in [0.29, 0.717) is 44.9 Å². The van der Waals surface area contributed by atoms with Crippen LogP contribution in [-0.4, -0.2) is 69.1 Å². The molecular weight excluding hydrogens is 424 g/mol. The van der Waals surface area contributed by atoms with Gasteiger partial charge in [0.1, 0.15) is 6.10 Å². The fraction of sp³-hybridized carbons (Fsp3) is 0.654. The van der Waals surface area contributed by atoms with E-state index in [1.165, 1.54) is 5.56 Å². The van der Waals surface area contributed by atoms with Crippen LogP contribution in [0.5, 0.6) is 0 Å². The molecule has 0 aromatic heterocycles. The summed E-state index contributed by atoms with van der Waals surface area (Å²) in [4.78, 5) is 11.6. The molecule has 1 aliphatic carbocycles. The molecule has 0 aliphatic heterocycles. The van der Waals surface area contributed by atoms with Crippen LogP contribution in [0.15, 0.2) is 42.5 Å². The second-order valence-electron chi connectivity index (χ2n) is 9.03. The summed E-state index contributed by atoms with van der Waals surface area (Å²) in [5, 5.41) is 49.0. The molecule has 1 aromatic rings. The van der Waals surface area contributed by atoms with Crippen molar-refractivity contribution in [2.75, 3.05) is 13.2 Å². The summed E-state index contributed by atoms with van der Waals surface area (Å²) in [6, 6.07) is 10.1. The Hall–Kier alpha value is -1.77. The Morgan fingerprint density at radius 1 is 1.03 bits per heavy atom. The van der Waals surface area contributed by atoms with Crippen molar-refractivity contribution in [2.24, 2.45) is 11.8 Å². The van der Waals surface area contributed by atoms with E-state index in [1.54, 1.807) is 0 Å². The normalized spacial score (nSPS) is 23.9. The van der Waals surface area contributed by atoms with Gasteiger partial charge in [-0.05, 0) is 68.8 Å². The molecular formula is C26H40O7. The van der Waals surface area contributed by atoms with Crippen molar-refractivity contribution in [2.45, 2.75) is 82.2 Å². The number of aliphatic hydroxyl groups is 5. The monoisotopic (exact) mass is 464 g/mol. The van der Waals surface area contributed by atoms with Crippen LogP contribution in [-0.2, 0) is 16.0 Å². The third-order valence-corrected chi connectivity index (χ3v) is 6.50. The number of aliphatic hydroxyl groups excluding tert-OH is 5. The van der Waals surface area contributed by atoms with Crippen LogP contribution in [0.4, 0.5) is 0 Å². The molecule has 0 spiro atoms. The number of carbonyl (C=O) groups is 1. The molecule has 7 nitrogen and oxygen atoms in total. The average molecular weight is 465 g/mol. The number of hydrogen-bond donors (Lipinski definition) is 5. The molecule has 1 unspecified atom stereocenters. The number of benzene rings is 1. The molecule has 0 heterocycles. The molecule has 33 heavy (non-hydrogen) atoms. The molecule has 1 fully saturated rings. The number of aryl methyl sites for hydroxylation is 1. The summed E-state index contributed by atoms with van der Waals surface area (Å²) < 4.78 is 4.92. The smallest absolute Gasteiger partial charge is 0.306 e. The van der Waals surface area contributed by atoms with Crippen LogP contribution in [0.2, 0.25) is 0 Å². The number of allylic oxidation sites excluding steroid dienone is 2. The van der Waals surface area contributed by atoms with Gasteiger partial charge < -0.3 is 30.3 Å². The highest BCUT2D eigenvalue weighted by molar-refractivity contribution is 5.69. The van der Waals surface area contributed by atoms with Gasteiger partial charge in [0.2, 0.25) is 0 Å². The topological polar surface area (TPSA) is 127 Å². The number of hydrogen-bond acceptors (Lipinski definition) is 7. The predicted octanol–water partition coefficient (Wildman–Crippen LogP) is 2.13. The van der Waals surface area contributed by atoms with Crippen molar-refractivity contribution in [1.29, 1.82) is 0 Å². The third kappa shape index (κ3) is 9.94. The molecule has 0 saturated heterocycles. The molecule has 1 aromatic carbocycles. The van der Waals surface area contributed by atoms with Crippen molar-refractivity contribution in [3.8, 4) is 0 Å². The van der Waals surface area contributed by atoms with Crippen molar-refractivity contribution in [3.05, 3.63) is 48.0 Å². The number of esters is 1. The van der Waals surface area contributed by atoms with Gasteiger partial charge in [0.25, 0.3) is 0 Å². The zero-order valence-corrected chi connectivity index (χ0v) is 19.3. The first kappa shape index (κ1) is 27.5. The van der Waals surface area contributed by atoms with Gasteiger partial charge in [0, 0.05) is 6.42 Å². The summed E-state index contributed by atoms with van der Waals surface area (Å²) in [6.07, 6.45) is 6.80. The molecule has 7 heteroatoms. The summed E-state index contributed by atoms with van der Waals surface area (Å²) in [7, 11) is 0. The SMILES string of the molecule is O=C(CCCC=CC[C@@H]1[C@@H](CCC(O)CCc2ccccc2)[C@H](O)C[C@@H]1O)OC(CO)CO. The highest BCUT2D eigenvalue weighted by Gasteiger charge is 2.40. The van der Waals surface area contributed by atoms with Crippen LogP contribution < -0.4 is 0 Å². The average Bonchev–Trinajstić information content (AvgIpc) is 3.09. The Morgan fingerprint density at radius 2 is 1.73 bits per heavy atom. The van der Waals surface area contributed by atoms with E-state index in [9.17, 15) is 20.1 Å². The summed E-state index contributed by atoms with van der Waals surface area (Å²) in [5.74, 6) is -0.533. The lowest BCUT2D eigenvalue weighted by molar-refractivity contribution is -0.153. The standard InChI is InChI=1S/C26H40O7/c27-17-21(18-28)33-26(32)11-7-2-1-6-10-22-23(25(31)16-24(22)30)15-14-20(29)13-12-19-8-4-3-5-9-19/h1,3-6,8-9,20-25,27-31H,2,7,10-18H2/t20?,22-,23-,24+,25-/m1/s1. The fourth-order valence-corrected chi connectivity index (χ4v) is 4.53. The lowest BCUT2D eigenvalue weighted by Gasteiger charge is -2.23. The molecule has 5 atom stereocenters. The highest BCUT2D eigenvalue weighted by atomic mass is 16.6. The minimum Gasteiger partial charge on any atom is -0.457 e. The maximum absolute atomic E-state index is 11.6. The van der Waals surface area contributed by atoms with Gasteiger partial charge in [-0.3, -0.25) is 4.79 Å². The first-order chi connectivity index (χ1) is 15.9. The second kappa shape index (κ2) is 15.2. The zero-order chi connectivity index (χ0) is 24.1. The number of rotatable bonds is 15. The van der Waals surface area contributed by atoms with E-state index in [0.717, 1.165) is 6.42 Å². The summed E-state index contributed by atoms with van der Waals surface area (Å²) in [5.41, 5.74) is 1.20. The van der Waals surface area contributed by atoms with Crippen LogP contribution >= 0.6 is 0 Å². The van der Waals surface area contributed by atoms with Crippen LogP contribution in [0.3, 0.4) is 0 Å². The molecule has 1 saturated carbocycles. The van der Waals surface area contributed by atoms with E-state index < -0.39 is 43.6 Å². The van der Waals surface area contributed by atoms with Gasteiger partial charge >= 0.3 is 5.97 Å². The minimum absolute atomic E-state index is 0.0418. The van der Waals surface area contributed by atoms with Gasteiger partial charge in [0.15, 0.2) is 0 Å². The Kier molecular flexibility index (Phi) is 12.6. The summed E-state index contributed by atoms with van der Waals surface area (Å²) in [6.45, 7) is -0.800. The molecule has 5 N–H and O–H groups in total. The minimum atomic E-state index is -0.864. The fourth-order valence-electron chi connectivity index (χ4n) is 4.53. The first-order valence-corrected chi connectivity index (χ1v) is 12.1. The van der Waals surface area contributed by atoms with Gasteiger partial charge in [-0.25, -0.2) is 0 Å². The zero-order valence-electron chi connectivity index (χ0n) is 19.3. The van der Waals surface area contributed by atoms with Gasteiger partial charge in [-0.2, -0.15) is 0 Å². The quantitative estimate of drug-likeness (QED) is 0.153. The van der Waals surface area contributed by atoms with E-state index in [2.05, 4.69) is 12.1 Å². The molecule has 1 aliphatic rings. The molecule has 0 amide bonds. The van der Waals surface area contributed by atoms with Gasteiger partial charge in [-0.1, -0.05) is 42.5 Å². The predicted molar refractivity (Wildman–Crippen MR) is 125 cm³/mol.